The maximum atomic E-state index is 13.5. The van der Waals surface area contributed by atoms with Crippen LogP contribution in [0.3, 0.4) is 0 Å². The van der Waals surface area contributed by atoms with Crippen LogP contribution in [0.5, 0.6) is 11.5 Å². The highest BCUT2D eigenvalue weighted by Crippen LogP contribution is 2.37. The Morgan fingerprint density at radius 1 is 1.09 bits per heavy atom. The first-order chi connectivity index (χ1) is 15.5. The molecule has 4 rings (SSSR count). The molecule has 0 unspecified atom stereocenters. The summed E-state index contributed by atoms with van der Waals surface area (Å²) in [5.41, 5.74) is 0. The quantitative estimate of drug-likeness (QED) is 0.452. The highest BCUT2D eigenvalue weighted by atomic mass is 32.2. The molecule has 0 atom stereocenters. The van der Waals surface area contributed by atoms with Crippen LogP contribution in [-0.2, 0) is 9.84 Å². The number of hydrogen-bond acceptors (Lipinski definition) is 9. The van der Waals surface area contributed by atoms with Crippen molar-refractivity contribution in [2.24, 2.45) is 0 Å². The number of oxazole rings is 1. The third kappa shape index (κ3) is 4.61. The molecule has 2 aromatic heterocycles. The molecule has 0 fully saturated rings. The van der Waals surface area contributed by atoms with E-state index >= 15 is 0 Å². The van der Waals surface area contributed by atoms with Gasteiger partial charge in [-0.25, -0.2) is 8.42 Å². The molecule has 1 aliphatic rings. The summed E-state index contributed by atoms with van der Waals surface area (Å²) in [4.78, 5) is 6.61. The van der Waals surface area contributed by atoms with Gasteiger partial charge < -0.3 is 28.5 Å². The number of fused-ring (bicyclic) bond motifs is 1. The maximum Gasteiger partial charge on any atom is 0.266 e. The van der Waals surface area contributed by atoms with Gasteiger partial charge in [0, 0.05) is 12.6 Å². The Hall–Kier alpha value is -2.98. The van der Waals surface area contributed by atoms with Gasteiger partial charge in [-0.05, 0) is 50.3 Å². The predicted octanol–water partition coefficient (Wildman–Crippen LogP) is 3.68. The first-order valence-corrected chi connectivity index (χ1v) is 12.2. The smallest absolute Gasteiger partial charge is 0.266 e. The standard InChI is InChI=1S/C22H27N3O6S/c1-3-25(4-2)11-6-10-23-21-22(24-20(31-21)18-7-5-12-28-18)32(26,27)16-8-9-17-19(15-16)30-14-13-29-17/h5,7-9,12,15,23H,3-4,6,10-11,13-14H2,1-2H3. The van der Waals surface area contributed by atoms with Crippen LogP contribution in [0, 0.1) is 0 Å². The van der Waals surface area contributed by atoms with Gasteiger partial charge in [0.2, 0.25) is 20.7 Å². The summed E-state index contributed by atoms with van der Waals surface area (Å²) < 4.78 is 49.1. The van der Waals surface area contributed by atoms with Gasteiger partial charge in [0.1, 0.15) is 13.2 Å². The van der Waals surface area contributed by atoms with Crippen molar-refractivity contribution in [3.63, 3.8) is 0 Å². The van der Waals surface area contributed by atoms with Crippen LogP contribution < -0.4 is 14.8 Å². The molecule has 3 aromatic rings. The zero-order valence-corrected chi connectivity index (χ0v) is 19.0. The molecular weight excluding hydrogens is 434 g/mol. The minimum absolute atomic E-state index is 0.0484. The number of sulfone groups is 1. The van der Waals surface area contributed by atoms with Crippen molar-refractivity contribution in [3.05, 3.63) is 36.6 Å². The topological polar surface area (TPSA) is 107 Å². The average molecular weight is 462 g/mol. The Labute approximate surface area is 187 Å². The van der Waals surface area contributed by atoms with E-state index in [0.717, 1.165) is 26.1 Å². The molecule has 0 saturated heterocycles. The van der Waals surface area contributed by atoms with Crippen LogP contribution in [0.2, 0.25) is 0 Å². The molecule has 1 N–H and O–H groups in total. The molecule has 0 saturated carbocycles. The fourth-order valence-electron chi connectivity index (χ4n) is 3.45. The summed E-state index contributed by atoms with van der Waals surface area (Å²) in [6.45, 7) is 8.37. The van der Waals surface area contributed by atoms with Gasteiger partial charge >= 0.3 is 0 Å². The van der Waals surface area contributed by atoms with Gasteiger partial charge in [0.15, 0.2) is 17.3 Å². The van der Waals surface area contributed by atoms with E-state index < -0.39 is 9.84 Å². The summed E-state index contributed by atoms with van der Waals surface area (Å²) in [6.07, 6.45) is 2.30. The zero-order chi connectivity index (χ0) is 22.6. The van der Waals surface area contributed by atoms with E-state index in [1.165, 1.54) is 18.4 Å². The average Bonchev–Trinajstić information content (AvgIpc) is 3.49. The number of benzene rings is 1. The lowest BCUT2D eigenvalue weighted by Gasteiger charge is -2.18. The molecule has 0 amide bonds. The summed E-state index contributed by atoms with van der Waals surface area (Å²) in [6, 6.07) is 7.87. The molecule has 172 valence electrons. The molecule has 9 nitrogen and oxygen atoms in total. The Balaban J connectivity index is 1.62. The van der Waals surface area contributed by atoms with E-state index in [1.807, 2.05) is 0 Å². The molecule has 1 aliphatic heterocycles. The number of nitrogens with one attached hydrogen (secondary N) is 1. The zero-order valence-electron chi connectivity index (χ0n) is 18.2. The van der Waals surface area contributed by atoms with Crippen molar-refractivity contribution in [1.29, 1.82) is 0 Å². The first-order valence-electron chi connectivity index (χ1n) is 10.7. The number of aromatic nitrogens is 1. The normalized spacial score (nSPS) is 13.5. The number of rotatable bonds is 10. The van der Waals surface area contributed by atoms with Crippen LogP contribution in [0.25, 0.3) is 11.7 Å². The summed E-state index contributed by atoms with van der Waals surface area (Å²) >= 11 is 0. The van der Waals surface area contributed by atoms with E-state index in [9.17, 15) is 8.42 Å². The second-order valence-corrected chi connectivity index (χ2v) is 9.11. The van der Waals surface area contributed by atoms with Crippen molar-refractivity contribution < 1.29 is 26.7 Å². The lowest BCUT2D eigenvalue weighted by molar-refractivity contribution is 0.171. The number of nitrogens with zero attached hydrogens (tertiary/aromatic N) is 2. The molecular formula is C22H27N3O6S. The van der Waals surface area contributed by atoms with Gasteiger partial charge in [-0.2, -0.15) is 4.98 Å². The molecule has 32 heavy (non-hydrogen) atoms. The number of ether oxygens (including phenoxy) is 2. The van der Waals surface area contributed by atoms with E-state index in [1.54, 1.807) is 18.2 Å². The van der Waals surface area contributed by atoms with Crippen molar-refractivity contribution in [3.8, 4) is 23.1 Å². The first kappa shape index (κ1) is 22.2. The second-order valence-electron chi connectivity index (χ2n) is 7.25. The maximum absolute atomic E-state index is 13.5. The Morgan fingerprint density at radius 3 is 2.59 bits per heavy atom. The largest absolute Gasteiger partial charge is 0.486 e. The molecule has 3 heterocycles. The van der Waals surface area contributed by atoms with Crippen LogP contribution >= 0.6 is 0 Å². The fraction of sp³-hybridized carbons (Fsp3) is 0.409. The Bertz CT molecular complexity index is 1140. The van der Waals surface area contributed by atoms with E-state index in [2.05, 4.69) is 29.0 Å². The van der Waals surface area contributed by atoms with Crippen molar-refractivity contribution in [1.82, 2.24) is 9.88 Å². The number of furan rings is 1. The third-order valence-corrected chi connectivity index (χ3v) is 6.90. The van der Waals surface area contributed by atoms with Crippen LogP contribution in [-0.4, -0.2) is 57.7 Å². The molecule has 10 heteroatoms. The minimum atomic E-state index is -3.99. The Kier molecular flexibility index (Phi) is 6.71. The van der Waals surface area contributed by atoms with Gasteiger partial charge in [-0.15, -0.1) is 0 Å². The lowest BCUT2D eigenvalue weighted by Crippen LogP contribution is -2.25. The molecule has 0 radical (unpaired) electrons. The van der Waals surface area contributed by atoms with E-state index in [4.69, 9.17) is 18.3 Å². The van der Waals surface area contributed by atoms with Gasteiger partial charge in [-0.3, -0.25) is 0 Å². The third-order valence-electron chi connectivity index (χ3n) is 5.24. The molecule has 1 aromatic carbocycles. The van der Waals surface area contributed by atoms with Crippen LogP contribution in [0.1, 0.15) is 20.3 Å². The number of hydrogen-bond donors (Lipinski definition) is 1. The van der Waals surface area contributed by atoms with Crippen LogP contribution in [0.15, 0.2) is 55.4 Å². The van der Waals surface area contributed by atoms with Gasteiger partial charge in [0.25, 0.3) is 5.89 Å². The monoisotopic (exact) mass is 461 g/mol. The number of anilines is 1. The minimum Gasteiger partial charge on any atom is -0.486 e. The fourth-order valence-corrected chi connectivity index (χ4v) is 4.75. The van der Waals surface area contributed by atoms with Gasteiger partial charge in [-0.1, -0.05) is 13.8 Å². The molecule has 0 aliphatic carbocycles. The van der Waals surface area contributed by atoms with Crippen LogP contribution in [0.4, 0.5) is 5.88 Å². The highest BCUT2D eigenvalue weighted by molar-refractivity contribution is 7.91. The predicted molar refractivity (Wildman–Crippen MR) is 118 cm³/mol. The summed E-state index contributed by atoms with van der Waals surface area (Å²) in [5.74, 6) is 1.44. The second kappa shape index (κ2) is 9.66. The summed E-state index contributed by atoms with van der Waals surface area (Å²) in [7, 11) is -3.99. The van der Waals surface area contributed by atoms with E-state index in [0.29, 0.717) is 37.0 Å². The van der Waals surface area contributed by atoms with Crippen molar-refractivity contribution >= 4 is 15.7 Å². The molecule has 0 bridgehead atoms. The van der Waals surface area contributed by atoms with Crippen molar-refractivity contribution in [2.45, 2.75) is 30.2 Å². The van der Waals surface area contributed by atoms with Gasteiger partial charge in [0.05, 0.1) is 11.2 Å². The van der Waals surface area contributed by atoms with Crippen molar-refractivity contribution in [2.75, 3.05) is 44.7 Å². The SMILES string of the molecule is CCN(CC)CCCNc1oc(-c2ccco2)nc1S(=O)(=O)c1ccc2c(c1)OCCO2. The Morgan fingerprint density at radius 2 is 1.88 bits per heavy atom. The van der Waals surface area contributed by atoms with E-state index in [-0.39, 0.29) is 21.7 Å². The highest BCUT2D eigenvalue weighted by Gasteiger charge is 2.30. The summed E-state index contributed by atoms with van der Waals surface area (Å²) in [5, 5.41) is 2.91. The lowest BCUT2D eigenvalue weighted by atomic mass is 10.3. The molecule has 0 spiro atoms.